The molecule has 0 spiro atoms. The van der Waals surface area contributed by atoms with Crippen LogP contribution < -0.4 is 0 Å². The Balaban J connectivity index is 2.71. The Kier molecular flexibility index (Phi) is 4.00. The van der Waals surface area contributed by atoms with E-state index in [4.69, 9.17) is 9.84 Å². The molecule has 1 rings (SSSR count). The number of ether oxygens (including phenoxy) is 1. The zero-order valence-electron chi connectivity index (χ0n) is 8.51. The number of carboxylic acids is 1. The number of benzene rings is 1. The second kappa shape index (κ2) is 5.26. The van der Waals surface area contributed by atoms with Crippen molar-refractivity contribution in [3.8, 4) is 0 Å². The number of rotatable bonds is 5. The standard InChI is InChI=1S/C11H13NO3/c1-12-9-5-3-8(4-6-9)7-10(15-2)11(13)14/h3-6,10H,1,7H2,2H3,(H,13,14). The summed E-state index contributed by atoms with van der Waals surface area (Å²) in [6.45, 7) is 3.40. The first-order valence-electron chi connectivity index (χ1n) is 4.48. The van der Waals surface area contributed by atoms with E-state index in [1.165, 1.54) is 7.11 Å². The van der Waals surface area contributed by atoms with E-state index < -0.39 is 12.1 Å². The quantitative estimate of drug-likeness (QED) is 0.747. The third-order valence-corrected chi connectivity index (χ3v) is 2.10. The van der Waals surface area contributed by atoms with Crippen molar-refractivity contribution in [2.75, 3.05) is 7.11 Å². The second-order valence-electron chi connectivity index (χ2n) is 3.09. The number of hydrogen-bond donors (Lipinski definition) is 1. The molecule has 0 aliphatic heterocycles. The molecular weight excluding hydrogens is 194 g/mol. The fraction of sp³-hybridized carbons (Fsp3) is 0.273. The minimum atomic E-state index is -0.955. The topological polar surface area (TPSA) is 58.9 Å². The summed E-state index contributed by atoms with van der Waals surface area (Å²) >= 11 is 0. The number of aliphatic carboxylic acids is 1. The molecule has 1 unspecified atom stereocenters. The van der Waals surface area contributed by atoms with Crippen LogP contribution in [0.5, 0.6) is 0 Å². The van der Waals surface area contributed by atoms with Crippen molar-refractivity contribution in [3.63, 3.8) is 0 Å². The summed E-state index contributed by atoms with van der Waals surface area (Å²) in [5, 5.41) is 8.78. The molecule has 0 aliphatic rings. The predicted octanol–water partition coefficient (Wildman–Crippen LogP) is 1.66. The molecular formula is C11H13NO3. The number of methoxy groups -OCH3 is 1. The lowest BCUT2D eigenvalue weighted by atomic mass is 10.1. The third-order valence-electron chi connectivity index (χ3n) is 2.10. The Hall–Kier alpha value is -1.68. The molecule has 0 aromatic heterocycles. The third kappa shape index (κ3) is 3.18. The van der Waals surface area contributed by atoms with Gasteiger partial charge in [0.1, 0.15) is 0 Å². The van der Waals surface area contributed by atoms with E-state index in [1.807, 2.05) is 12.1 Å². The van der Waals surface area contributed by atoms with Gasteiger partial charge in [-0.1, -0.05) is 12.1 Å². The Bertz CT molecular complexity index is 345. The van der Waals surface area contributed by atoms with Gasteiger partial charge >= 0.3 is 5.97 Å². The molecule has 0 heterocycles. The van der Waals surface area contributed by atoms with Crippen LogP contribution in [0.2, 0.25) is 0 Å². The van der Waals surface area contributed by atoms with Gasteiger partial charge in [-0.3, -0.25) is 4.99 Å². The van der Waals surface area contributed by atoms with Gasteiger partial charge in [-0.05, 0) is 24.4 Å². The normalized spacial score (nSPS) is 12.1. The van der Waals surface area contributed by atoms with Crippen LogP contribution in [0.4, 0.5) is 5.69 Å². The van der Waals surface area contributed by atoms with Gasteiger partial charge in [-0.2, -0.15) is 0 Å². The highest BCUT2D eigenvalue weighted by Crippen LogP contribution is 2.13. The molecule has 1 N–H and O–H groups in total. The molecule has 0 saturated heterocycles. The molecule has 0 aliphatic carbocycles. The summed E-state index contributed by atoms with van der Waals surface area (Å²) < 4.78 is 4.84. The zero-order valence-corrected chi connectivity index (χ0v) is 8.51. The van der Waals surface area contributed by atoms with E-state index in [1.54, 1.807) is 12.1 Å². The van der Waals surface area contributed by atoms with Crippen LogP contribution in [-0.4, -0.2) is 31.0 Å². The molecule has 0 radical (unpaired) electrons. The summed E-state index contributed by atoms with van der Waals surface area (Å²) in [5.41, 5.74) is 1.67. The summed E-state index contributed by atoms with van der Waals surface area (Å²) in [4.78, 5) is 14.5. The van der Waals surface area contributed by atoms with Gasteiger partial charge in [0.25, 0.3) is 0 Å². The van der Waals surface area contributed by atoms with E-state index in [0.29, 0.717) is 6.42 Å². The van der Waals surface area contributed by atoms with Gasteiger partial charge < -0.3 is 9.84 Å². The van der Waals surface area contributed by atoms with Gasteiger partial charge in [0.05, 0.1) is 5.69 Å². The van der Waals surface area contributed by atoms with Crippen molar-refractivity contribution in [2.45, 2.75) is 12.5 Å². The van der Waals surface area contributed by atoms with Crippen molar-refractivity contribution in [1.29, 1.82) is 0 Å². The Morgan fingerprint density at radius 2 is 2.13 bits per heavy atom. The van der Waals surface area contributed by atoms with Crippen molar-refractivity contribution in [3.05, 3.63) is 29.8 Å². The van der Waals surface area contributed by atoms with Gasteiger partial charge in [0.2, 0.25) is 0 Å². The average Bonchev–Trinajstić information content (AvgIpc) is 2.26. The zero-order chi connectivity index (χ0) is 11.3. The molecule has 4 nitrogen and oxygen atoms in total. The van der Waals surface area contributed by atoms with E-state index >= 15 is 0 Å². The van der Waals surface area contributed by atoms with E-state index in [2.05, 4.69) is 11.7 Å². The molecule has 0 saturated carbocycles. The molecule has 1 aromatic rings. The largest absolute Gasteiger partial charge is 0.479 e. The van der Waals surface area contributed by atoms with Crippen LogP contribution in [0.25, 0.3) is 0 Å². The summed E-state index contributed by atoms with van der Waals surface area (Å²) in [6, 6.07) is 7.21. The number of carbonyl (C=O) groups is 1. The van der Waals surface area contributed by atoms with E-state index in [-0.39, 0.29) is 0 Å². The van der Waals surface area contributed by atoms with Crippen molar-refractivity contribution in [2.24, 2.45) is 4.99 Å². The number of hydrogen-bond acceptors (Lipinski definition) is 3. The van der Waals surface area contributed by atoms with Crippen LogP contribution in [0.15, 0.2) is 29.3 Å². The lowest BCUT2D eigenvalue weighted by Gasteiger charge is -2.09. The molecule has 4 heteroatoms. The minimum Gasteiger partial charge on any atom is -0.479 e. The average molecular weight is 207 g/mol. The maximum absolute atomic E-state index is 10.7. The van der Waals surface area contributed by atoms with Crippen LogP contribution in [0.1, 0.15) is 5.56 Å². The van der Waals surface area contributed by atoms with Gasteiger partial charge in [0, 0.05) is 13.5 Å². The first-order valence-corrected chi connectivity index (χ1v) is 4.48. The highest BCUT2D eigenvalue weighted by Gasteiger charge is 2.16. The van der Waals surface area contributed by atoms with Crippen molar-refractivity contribution in [1.82, 2.24) is 0 Å². The van der Waals surface area contributed by atoms with Crippen LogP contribution >= 0.6 is 0 Å². The molecule has 15 heavy (non-hydrogen) atoms. The second-order valence-corrected chi connectivity index (χ2v) is 3.09. The highest BCUT2D eigenvalue weighted by molar-refractivity contribution is 5.72. The van der Waals surface area contributed by atoms with Gasteiger partial charge in [-0.25, -0.2) is 4.79 Å². The van der Waals surface area contributed by atoms with Crippen LogP contribution in [-0.2, 0) is 16.0 Å². The van der Waals surface area contributed by atoms with Crippen LogP contribution in [0.3, 0.4) is 0 Å². The number of carboxylic acid groups (broad SMARTS) is 1. The summed E-state index contributed by atoms with van der Waals surface area (Å²) in [6.07, 6.45) is -0.448. The lowest BCUT2D eigenvalue weighted by Crippen LogP contribution is -2.24. The molecule has 0 bridgehead atoms. The maximum atomic E-state index is 10.7. The Morgan fingerprint density at radius 3 is 2.53 bits per heavy atom. The van der Waals surface area contributed by atoms with E-state index in [0.717, 1.165) is 11.3 Å². The fourth-order valence-electron chi connectivity index (χ4n) is 1.22. The number of aliphatic imine (C=N–C) groups is 1. The molecule has 1 atom stereocenters. The predicted molar refractivity (Wildman–Crippen MR) is 57.8 cm³/mol. The SMILES string of the molecule is C=Nc1ccc(CC(OC)C(=O)O)cc1. The van der Waals surface area contributed by atoms with Gasteiger partial charge in [0.15, 0.2) is 6.10 Å². The molecule has 0 fully saturated rings. The lowest BCUT2D eigenvalue weighted by molar-refractivity contribution is -0.148. The number of nitrogens with zero attached hydrogens (tertiary/aromatic N) is 1. The summed E-state index contributed by atoms with van der Waals surface area (Å²) in [5.74, 6) is -0.955. The van der Waals surface area contributed by atoms with E-state index in [9.17, 15) is 4.79 Å². The smallest absolute Gasteiger partial charge is 0.333 e. The Labute approximate surface area is 88.2 Å². The van der Waals surface area contributed by atoms with Crippen molar-refractivity contribution >= 4 is 18.4 Å². The Morgan fingerprint density at radius 1 is 1.53 bits per heavy atom. The van der Waals surface area contributed by atoms with Gasteiger partial charge in [-0.15, -0.1) is 0 Å². The van der Waals surface area contributed by atoms with Crippen LogP contribution in [0, 0.1) is 0 Å². The molecule has 1 aromatic carbocycles. The summed E-state index contributed by atoms with van der Waals surface area (Å²) in [7, 11) is 1.39. The van der Waals surface area contributed by atoms with Crippen molar-refractivity contribution < 1.29 is 14.6 Å². The minimum absolute atomic E-state index is 0.350. The monoisotopic (exact) mass is 207 g/mol. The fourth-order valence-corrected chi connectivity index (χ4v) is 1.22. The molecule has 0 amide bonds. The highest BCUT2D eigenvalue weighted by atomic mass is 16.5. The maximum Gasteiger partial charge on any atom is 0.333 e. The first-order chi connectivity index (χ1) is 7.17. The first kappa shape index (κ1) is 11.4. The molecule has 80 valence electrons.